The highest BCUT2D eigenvalue weighted by molar-refractivity contribution is 7.80. The van der Waals surface area contributed by atoms with Gasteiger partial charge in [-0.25, -0.2) is 4.18 Å². The molecule has 490 valence electrons. The summed E-state index contributed by atoms with van der Waals surface area (Å²) in [5.41, 5.74) is -1.26. The molecular formula is C56H92O28S. The molecule has 9 rings (SSSR count). The van der Waals surface area contributed by atoms with Crippen LogP contribution in [0.4, 0.5) is 0 Å². The third kappa shape index (κ3) is 13.5. The van der Waals surface area contributed by atoms with E-state index in [9.17, 15) is 84.1 Å². The molecule has 29 heteroatoms. The van der Waals surface area contributed by atoms with Gasteiger partial charge in [0.15, 0.2) is 31.5 Å². The topological polar surface area (TPSA) is 436 Å². The van der Waals surface area contributed by atoms with E-state index in [2.05, 4.69) is 19.9 Å². The quantitative estimate of drug-likeness (QED) is 0.0491. The lowest BCUT2D eigenvalue weighted by Crippen LogP contribution is -2.67. The molecule has 8 fully saturated rings. The van der Waals surface area contributed by atoms with E-state index in [1.807, 2.05) is 13.8 Å². The van der Waals surface area contributed by atoms with Gasteiger partial charge in [0.2, 0.25) is 0 Å². The fourth-order valence-corrected chi connectivity index (χ4v) is 16.3. The fraction of sp³-hybridized carbons (Fsp3) is 0.946. The molecule has 5 saturated heterocycles. The zero-order valence-corrected chi connectivity index (χ0v) is 50.0. The highest BCUT2D eigenvalue weighted by Crippen LogP contribution is 2.67. The van der Waals surface area contributed by atoms with Crippen molar-refractivity contribution in [3.63, 3.8) is 0 Å². The molecule has 0 bridgehead atoms. The molecule has 3 saturated carbocycles. The van der Waals surface area contributed by atoms with Gasteiger partial charge in [0, 0.05) is 12.8 Å². The summed E-state index contributed by atoms with van der Waals surface area (Å²) in [5.74, 6) is -0.799. The van der Waals surface area contributed by atoms with Gasteiger partial charge >= 0.3 is 10.4 Å². The maximum Gasteiger partial charge on any atom is 0.397 e. The van der Waals surface area contributed by atoms with Crippen LogP contribution in [-0.2, 0) is 66.7 Å². The molecule has 5 heterocycles. The van der Waals surface area contributed by atoms with E-state index in [0.29, 0.717) is 32.1 Å². The molecular weight excluding hydrogens is 1150 g/mol. The SMILES string of the molecule is CC(C)CC(=O)C[C@@](C)(O)[C@H]1CC[C@@H]2[C@H]3C[C@@H](O[C@@H]4O[C@H](C)[C@@H](O)[C@H](O[C@H]5OC[C@@H](O[C@@H]6O[C@H](CO)[C@@H](O)[C@@H](O)[C@H]6O[C@H]6O[C@H](C)[C@H](O)[C@@H](O)[C@@H]6O)[C@@H](O)[C@H]5O[C@@H]5O[C@H](C)[C@@H](O)[C@H](O)[C@@H]5O)[C@@H]4O)[C@H]4C[C@@H](OS(=O)(=O)O)CC[C@@]4(C)C3=CC[C@]21C. The highest BCUT2D eigenvalue weighted by Gasteiger charge is 2.64. The largest absolute Gasteiger partial charge is 0.397 e. The van der Waals surface area contributed by atoms with Gasteiger partial charge in [-0.15, -0.1) is 0 Å². The van der Waals surface area contributed by atoms with Gasteiger partial charge in [0.1, 0.15) is 103 Å². The molecule has 9 aliphatic rings. The molecule has 14 N–H and O–H groups in total. The van der Waals surface area contributed by atoms with Gasteiger partial charge in [-0.2, -0.15) is 8.42 Å². The smallest absolute Gasteiger partial charge is 0.394 e. The van der Waals surface area contributed by atoms with E-state index in [1.165, 1.54) is 20.8 Å². The number of aliphatic hydroxyl groups excluding tert-OH is 12. The average Bonchev–Trinajstić information content (AvgIpc) is 1.71. The minimum atomic E-state index is -4.88. The number of ketones is 1. The first kappa shape index (κ1) is 67.7. The highest BCUT2D eigenvalue weighted by atomic mass is 32.3. The summed E-state index contributed by atoms with van der Waals surface area (Å²) < 4.78 is 100. The normalized spacial score (nSPS) is 51.3. The lowest BCUT2D eigenvalue weighted by Gasteiger charge is -2.60. The lowest BCUT2D eigenvalue weighted by molar-refractivity contribution is -0.398. The van der Waals surface area contributed by atoms with Gasteiger partial charge in [0.05, 0.1) is 49.3 Å². The minimum absolute atomic E-state index is 0.00462. The number of allylic oxidation sites excluding steroid dienone is 2. The lowest BCUT2D eigenvalue weighted by atomic mass is 9.47. The summed E-state index contributed by atoms with van der Waals surface area (Å²) >= 11 is 0. The van der Waals surface area contributed by atoms with Crippen LogP contribution in [0.2, 0.25) is 0 Å². The van der Waals surface area contributed by atoms with Crippen LogP contribution in [0.15, 0.2) is 11.6 Å². The van der Waals surface area contributed by atoms with Crippen LogP contribution >= 0.6 is 0 Å². The third-order valence-electron chi connectivity index (χ3n) is 20.3. The van der Waals surface area contributed by atoms with Crippen molar-refractivity contribution in [3.05, 3.63) is 11.6 Å². The second-order valence-corrected chi connectivity index (χ2v) is 27.7. The van der Waals surface area contributed by atoms with Crippen molar-refractivity contribution >= 4 is 16.2 Å². The van der Waals surface area contributed by atoms with E-state index < -0.39 is 206 Å². The van der Waals surface area contributed by atoms with E-state index in [-0.39, 0.29) is 48.7 Å². The van der Waals surface area contributed by atoms with Crippen molar-refractivity contribution in [1.29, 1.82) is 0 Å². The zero-order chi connectivity index (χ0) is 62.3. The first-order valence-electron chi connectivity index (χ1n) is 29.9. The first-order valence-corrected chi connectivity index (χ1v) is 31.3. The third-order valence-corrected chi connectivity index (χ3v) is 20.8. The van der Waals surface area contributed by atoms with Gasteiger partial charge in [0.25, 0.3) is 0 Å². The van der Waals surface area contributed by atoms with Crippen LogP contribution in [0.25, 0.3) is 0 Å². The Kier molecular flexibility index (Phi) is 20.8. The molecule has 0 aromatic heterocycles. The van der Waals surface area contributed by atoms with Gasteiger partial charge < -0.3 is 114 Å². The molecule has 5 aliphatic heterocycles. The number of hydrogen-bond donors (Lipinski definition) is 14. The minimum Gasteiger partial charge on any atom is -0.394 e. The zero-order valence-electron chi connectivity index (χ0n) is 49.1. The van der Waals surface area contributed by atoms with Crippen LogP contribution < -0.4 is 0 Å². The Labute approximate surface area is 494 Å². The van der Waals surface area contributed by atoms with Gasteiger partial charge in [-0.1, -0.05) is 39.3 Å². The van der Waals surface area contributed by atoms with Crippen LogP contribution in [0.1, 0.15) is 113 Å². The van der Waals surface area contributed by atoms with Gasteiger partial charge in [-0.3, -0.25) is 9.35 Å². The van der Waals surface area contributed by atoms with Crippen molar-refractivity contribution in [3.8, 4) is 0 Å². The first-order chi connectivity index (χ1) is 39.7. The Hall–Kier alpha value is -1.64. The Bertz CT molecular complexity index is 2420. The molecule has 4 aliphatic carbocycles. The standard InChI is InChI=1S/C56H92O28S/c1-21(2)15-25(58)18-56(8,70)34-10-9-28-27-17-31(30-16-26(84-85(71,72)73)11-13-54(30,6)29(27)12-14-55(28,34)7)78-51-45(69)46(37(61)24(5)77-51)81-52-47(82-49-43(67)40(64)35(59)22(3)75-49)39(63)33(20-74-52)80-53-48(42(66)38(62)32(19-57)79-53)83-50-44(68)41(65)36(60)23(4)76-50/h12,21-24,26-28,30-53,57,59-70H,9-11,13-20H2,1-8H3,(H,71,72,73)/t22-,23-,24-,26+,27-,28-,30-,31-,32-,33-,34+,35-,36+,37-,38-,39-,40+,41-,42-,43+,44+,45+,46+,47-,48-,49+,50-,51+,52-,53+,54+,55-,56-/m1/s1. The van der Waals surface area contributed by atoms with Crippen molar-refractivity contribution in [2.75, 3.05) is 13.2 Å². The van der Waals surface area contributed by atoms with E-state index in [1.54, 1.807) is 6.92 Å². The Morgan fingerprint density at radius 1 is 0.647 bits per heavy atom. The summed E-state index contributed by atoms with van der Waals surface area (Å²) in [6.07, 6.45) is -37.1. The maximum absolute atomic E-state index is 13.2. The number of Topliss-reactive ketones (excluding diaryl/α,β-unsaturated/α-hetero) is 1. The molecule has 85 heavy (non-hydrogen) atoms. The fourth-order valence-electron chi connectivity index (χ4n) is 15.8. The number of hydrogen-bond acceptors (Lipinski definition) is 27. The Morgan fingerprint density at radius 3 is 1.78 bits per heavy atom. The molecule has 0 aromatic carbocycles. The predicted octanol–water partition coefficient (Wildman–Crippen LogP) is -2.68. The molecule has 0 amide bonds. The maximum atomic E-state index is 13.2. The van der Waals surface area contributed by atoms with Crippen molar-refractivity contribution in [2.45, 2.75) is 278 Å². The van der Waals surface area contributed by atoms with Crippen LogP contribution in [-0.4, -0.2) is 264 Å². The molecule has 0 spiro atoms. The van der Waals surface area contributed by atoms with Crippen LogP contribution in [0.3, 0.4) is 0 Å². The van der Waals surface area contributed by atoms with Crippen LogP contribution in [0.5, 0.6) is 0 Å². The predicted molar refractivity (Wildman–Crippen MR) is 286 cm³/mol. The van der Waals surface area contributed by atoms with Crippen molar-refractivity contribution in [1.82, 2.24) is 0 Å². The molecule has 28 nitrogen and oxygen atoms in total. The number of aliphatic hydroxyl groups is 13. The average molecular weight is 1250 g/mol. The number of ether oxygens (including phenoxy) is 10. The summed E-state index contributed by atoms with van der Waals surface area (Å²) in [4.78, 5) is 13.2. The van der Waals surface area contributed by atoms with E-state index >= 15 is 0 Å². The Morgan fingerprint density at radius 2 is 1.20 bits per heavy atom. The monoisotopic (exact) mass is 1240 g/mol. The second-order valence-electron chi connectivity index (χ2n) is 26.7. The van der Waals surface area contributed by atoms with Gasteiger partial charge in [-0.05, 0) is 113 Å². The second kappa shape index (κ2) is 26.2. The number of fused-ring (bicyclic) bond motifs is 5. The molecule has 0 radical (unpaired) electrons. The molecule has 0 aromatic rings. The van der Waals surface area contributed by atoms with E-state index in [4.69, 9.17) is 51.6 Å². The summed E-state index contributed by atoms with van der Waals surface area (Å²) in [6.45, 7) is 12.6. The van der Waals surface area contributed by atoms with E-state index in [0.717, 1.165) is 12.0 Å². The number of carbonyl (C=O) groups is 1. The molecule has 0 unspecified atom stereocenters. The molecule has 33 atom stereocenters. The summed E-state index contributed by atoms with van der Waals surface area (Å²) in [5, 5.41) is 145. The summed E-state index contributed by atoms with van der Waals surface area (Å²) in [7, 11) is -4.88. The summed E-state index contributed by atoms with van der Waals surface area (Å²) in [6, 6.07) is 0. The van der Waals surface area contributed by atoms with Crippen molar-refractivity contribution < 1.29 is 136 Å². The number of rotatable bonds is 18. The number of carbonyl (C=O) groups excluding carboxylic acids is 1. The van der Waals surface area contributed by atoms with Crippen molar-refractivity contribution in [2.24, 2.45) is 40.4 Å². The Balaban J connectivity index is 0.982. The van der Waals surface area contributed by atoms with Crippen LogP contribution in [0, 0.1) is 40.4 Å².